The van der Waals surface area contributed by atoms with Crippen molar-refractivity contribution in [3.63, 3.8) is 0 Å². The van der Waals surface area contributed by atoms with Gasteiger partial charge in [-0.2, -0.15) is 5.10 Å². The Balaban J connectivity index is 0.00000280. The van der Waals surface area contributed by atoms with Crippen LogP contribution in [0.15, 0.2) is 66.9 Å². The van der Waals surface area contributed by atoms with Gasteiger partial charge in [-0.3, -0.25) is 9.48 Å². The summed E-state index contributed by atoms with van der Waals surface area (Å²) in [5, 5.41) is 10.9. The van der Waals surface area contributed by atoms with Crippen LogP contribution >= 0.6 is 12.4 Å². The molecule has 1 amide bonds. The van der Waals surface area contributed by atoms with E-state index in [1.807, 2.05) is 66.5 Å². The Labute approximate surface area is 172 Å². The highest BCUT2D eigenvalue weighted by Gasteiger charge is 2.12. The first-order chi connectivity index (χ1) is 13.3. The molecule has 0 fully saturated rings. The fraction of sp³-hybridized carbons (Fsp3) is 0.273. The van der Waals surface area contributed by atoms with Gasteiger partial charge in [0.1, 0.15) is 0 Å². The third-order valence-electron chi connectivity index (χ3n) is 4.38. The van der Waals surface area contributed by atoms with E-state index in [0.717, 1.165) is 29.8 Å². The van der Waals surface area contributed by atoms with Crippen molar-refractivity contribution in [3.8, 4) is 11.3 Å². The zero-order valence-electron chi connectivity index (χ0n) is 16.1. The van der Waals surface area contributed by atoms with E-state index in [2.05, 4.69) is 22.8 Å². The number of carbonyl (C=O) groups excluding carboxylic acids is 1. The first kappa shape index (κ1) is 21.7. The topological polar surface area (TPSA) is 59.0 Å². The maximum atomic E-state index is 12.1. The molecular formula is C22H27ClN4O. The van der Waals surface area contributed by atoms with Gasteiger partial charge in [0.2, 0.25) is 5.91 Å². The van der Waals surface area contributed by atoms with E-state index >= 15 is 0 Å². The second-order valence-electron chi connectivity index (χ2n) is 6.54. The summed E-state index contributed by atoms with van der Waals surface area (Å²) in [6.07, 6.45) is 3.39. The lowest BCUT2D eigenvalue weighted by atomic mass is 10.1. The lowest BCUT2D eigenvalue weighted by molar-refractivity contribution is -0.121. The number of aromatic nitrogens is 2. The Morgan fingerprint density at radius 1 is 1.04 bits per heavy atom. The van der Waals surface area contributed by atoms with Gasteiger partial charge >= 0.3 is 0 Å². The summed E-state index contributed by atoms with van der Waals surface area (Å²) in [5.74, 6) is 0.0695. The number of halogens is 1. The number of benzene rings is 2. The molecule has 1 heterocycles. The van der Waals surface area contributed by atoms with Gasteiger partial charge in [-0.15, -0.1) is 12.4 Å². The molecule has 0 bridgehead atoms. The van der Waals surface area contributed by atoms with Gasteiger partial charge in [0.25, 0.3) is 0 Å². The lowest BCUT2D eigenvalue weighted by Gasteiger charge is -2.05. The normalized spacial score (nSPS) is 10.3. The molecule has 0 saturated heterocycles. The van der Waals surface area contributed by atoms with E-state index < -0.39 is 0 Å². The number of hydrogen-bond acceptors (Lipinski definition) is 3. The molecule has 2 N–H and O–H groups in total. The molecule has 0 radical (unpaired) electrons. The van der Waals surface area contributed by atoms with Gasteiger partial charge in [0.05, 0.1) is 12.2 Å². The van der Waals surface area contributed by atoms with Crippen molar-refractivity contribution in [1.29, 1.82) is 0 Å². The third-order valence-corrected chi connectivity index (χ3v) is 4.38. The summed E-state index contributed by atoms with van der Waals surface area (Å²) in [4.78, 5) is 12.1. The summed E-state index contributed by atoms with van der Waals surface area (Å²) in [7, 11) is 1.89. The van der Waals surface area contributed by atoms with Gasteiger partial charge in [0.15, 0.2) is 0 Å². The van der Waals surface area contributed by atoms with Crippen molar-refractivity contribution in [2.24, 2.45) is 0 Å². The lowest BCUT2D eigenvalue weighted by Crippen LogP contribution is -2.23. The number of rotatable bonds is 9. The van der Waals surface area contributed by atoms with Crippen LogP contribution in [0.1, 0.15) is 24.0 Å². The Bertz CT molecular complexity index is 849. The quantitative estimate of drug-likeness (QED) is 0.541. The van der Waals surface area contributed by atoms with E-state index in [0.29, 0.717) is 19.5 Å². The molecule has 5 nitrogen and oxygen atoms in total. The van der Waals surface area contributed by atoms with Crippen LogP contribution in [0.3, 0.4) is 0 Å². The number of nitrogens with zero attached hydrogens (tertiary/aromatic N) is 2. The number of nitrogens with one attached hydrogen (secondary N) is 2. The van der Waals surface area contributed by atoms with Crippen molar-refractivity contribution in [1.82, 2.24) is 20.4 Å². The summed E-state index contributed by atoms with van der Waals surface area (Å²) in [5.41, 5.74) is 4.20. The SMILES string of the molecule is CNCCCC(=O)NCc1cn(Cc2ccccc2)nc1-c1ccccc1.Cl. The van der Waals surface area contributed by atoms with Crippen molar-refractivity contribution >= 4 is 18.3 Å². The first-order valence-electron chi connectivity index (χ1n) is 9.33. The Morgan fingerprint density at radius 3 is 2.39 bits per heavy atom. The molecule has 6 heteroatoms. The van der Waals surface area contributed by atoms with E-state index in [1.54, 1.807) is 0 Å². The Kier molecular flexibility index (Phi) is 8.72. The van der Waals surface area contributed by atoms with Crippen LogP contribution < -0.4 is 10.6 Å². The number of carbonyl (C=O) groups is 1. The van der Waals surface area contributed by atoms with Crippen LogP contribution in [0, 0.1) is 0 Å². The van der Waals surface area contributed by atoms with E-state index in [9.17, 15) is 4.79 Å². The largest absolute Gasteiger partial charge is 0.352 e. The first-order valence-corrected chi connectivity index (χ1v) is 9.33. The van der Waals surface area contributed by atoms with Crippen LogP contribution in [0.2, 0.25) is 0 Å². The molecule has 0 aliphatic carbocycles. The smallest absolute Gasteiger partial charge is 0.220 e. The molecule has 3 aromatic rings. The third kappa shape index (κ3) is 6.22. The molecule has 3 rings (SSSR count). The van der Waals surface area contributed by atoms with E-state index in [-0.39, 0.29) is 18.3 Å². The summed E-state index contributed by atoms with van der Waals surface area (Å²) in [6, 6.07) is 20.4. The minimum atomic E-state index is 0. The maximum Gasteiger partial charge on any atom is 0.220 e. The van der Waals surface area contributed by atoms with Gasteiger partial charge in [0, 0.05) is 30.3 Å². The van der Waals surface area contributed by atoms with Crippen LogP contribution in [0.5, 0.6) is 0 Å². The molecule has 0 saturated carbocycles. The van der Waals surface area contributed by atoms with E-state index in [1.165, 1.54) is 5.56 Å². The molecule has 2 aromatic carbocycles. The van der Waals surface area contributed by atoms with E-state index in [4.69, 9.17) is 5.10 Å². The minimum Gasteiger partial charge on any atom is -0.352 e. The average molecular weight is 399 g/mol. The van der Waals surface area contributed by atoms with Gasteiger partial charge in [-0.05, 0) is 25.6 Å². The van der Waals surface area contributed by atoms with Crippen molar-refractivity contribution in [2.75, 3.05) is 13.6 Å². The Morgan fingerprint density at radius 2 is 1.71 bits per heavy atom. The zero-order valence-corrected chi connectivity index (χ0v) is 16.9. The predicted octanol–water partition coefficient (Wildman–Crippen LogP) is 3.64. The van der Waals surface area contributed by atoms with Gasteiger partial charge in [-0.1, -0.05) is 60.7 Å². The number of hydrogen-bond donors (Lipinski definition) is 2. The molecular weight excluding hydrogens is 372 g/mol. The van der Waals surface area contributed by atoms with Gasteiger partial charge in [-0.25, -0.2) is 0 Å². The molecule has 1 aromatic heterocycles. The fourth-order valence-electron chi connectivity index (χ4n) is 2.99. The minimum absolute atomic E-state index is 0. The summed E-state index contributed by atoms with van der Waals surface area (Å²) >= 11 is 0. The molecule has 0 spiro atoms. The highest BCUT2D eigenvalue weighted by atomic mass is 35.5. The fourth-order valence-corrected chi connectivity index (χ4v) is 2.99. The van der Waals surface area contributed by atoms with Gasteiger partial charge < -0.3 is 10.6 Å². The second-order valence-corrected chi connectivity index (χ2v) is 6.54. The highest BCUT2D eigenvalue weighted by molar-refractivity contribution is 5.85. The molecule has 0 aliphatic heterocycles. The second kappa shape index (κ2) is 11.3. The molecule has 0 aliphatic rings. The summed E-state index contributed by atoms with van der Waals surface area (Å²) < 4.78 is 1.94. The number of amides is 1. The summed E-state index contributed by atoms with van der Waals surface area (Å²) in [6.45, 7) is 2.03. The van der Waals surface area contributed by atoms with Crippen molar-refractivity contribution in [3.05, 3.63) is 78.0 Å². The van der Waals surface area contributed by atoms with Crippen LogP contribution in [-0.4, -0.2) is 29.3 Å². The van der Waals surface area contributed by atoms with Crippen LogP contribution in [0.4, 0.5) is 0 Å². The average Bonchev–Trinajstić information content (AvgIpc) is 3.11. The van der Waals surface area contributed by atoms with Crippen LogP contribution in [-0.2, 0) is 17.9 Å². The van der Waals surface area contributed by atoms with Crippen molar-refractivity contribution in [2.45, 2.75) is 25.9 Å². The zero-order chi connectivity index (χ0) is 18.9. The maximum absolute atomic E-state index is 12.1. The molecule has 148 valence electrons. The highest BCUT2D eigenvalue weighted by Crippen LogP contribution is 2.22. The molecule has 0 atom stereocenters. The standard InChI is InChI=1S/C22H26N4O.ClH/c1-23-14-8-13-21(27)24-15-20-17-26(16-18-9-4-2-5-10-18)25-22(20)19-11-6-3-7-12-19;/h2-7,9-12,17,23H,8,13-16H2,1H3,(H,24,27);1H. The molecule has 28 heavy (non-hydrogen) atoms. The Hall–Kier alpha value is -2.63. The monoisotopic (exact) mass is 398 g/mol. The predicted molar refractivity (Wildman–Crippen MR) is 115 cm³/mol. The van der Waals surface area contributed by atoms with Crippen molar-refractivity contribution < 1.29 is 4.79 Å². The molecule has 0 unspecified atom stereocenters. The van der Waals surface area contributed by atoms with Crippen LogP contribution in [0.25, 0.3) is 11.3 Å².